The average Bonchev–Trinajstić information content (AvgIpc) is 2.95. The van der Waals surface area contributed by atoms with Gasteiger partial charge in [-0.05, 0) is 41.3 Å². The Kier molecular flexibility index (Phi) is 2.97. The number of benzene rings is 2. The number of ether oxygens (including phenoxy) is 2. The van der Waals surface area contributed by atoms with Crippen molar-refractivity contribution in [3.05, 3.63) is 53.1 Å². The van der Waals surface area contributed by atoms with Gasteiger partial charge in [0.05, 0.1) is 0 Å². The van der Waals surface area contributed by atoms with Crippen molar-refractivity contribution in [1.82, 2.24) is 4.90 Å². The van der Waals surface area contributed by atoms with Crippen molar-refractivity contribution in [2.24, 2.45) is 0 Å². The average molecular weight is 282 g/mol. The number of rotatable bonds is 2. The lowest BCUT2D eigenvalue weighted by atomic mass is 9.97. The maximum absolute atomic E-state index is 6.05. The highest BCUT2D eigenvalue weighted by Crippen LogP contribution is 2.33. The van der Waals surface area contributed by atoms with Crippen LogP contribution in [0, 0.1) is 0 Å². The fraction of sp³-hybridized carbons (Fsp3) is 0.294. The van der Waals surface area contributed by atoms with E-state index in [9.17, 15) is 0 Å². The molecular formula is C17H18N2O2. The Morgan fingerprint density at radius 2 is 2.00 bits per heavy atom. The first-order valence-corrected chi connectivity index (χ1v) is 7.27. The van der Waals surface area contributed by atoms with E-state index in [2.05, 4.69) is 23.1 Å². The predicted octanol–water partition coefficient (Wildman–Crippen LogP) is 2.56. The maximum Gasteiger partial charge on any atom is 0.231 e. The molecule has 21 heavy (non-hydrogen) atoms. The van der Waals surface area contributed by atoms with Crippen molar-refractivity contribution in [3.8, 4) is 11.5 Å². The standard InChI is InChI=1S/C17H18N2O2/c18-15-3-1-2-13-10-19(7-6-14(13)15)9-12-4-5-16-17(8-12)21-11-20-16/h1-5,8H,6-7,9-11,18H2. The zero-order valence-corrected chi connectivity index (χ0v) is 11.8. The summed E-state index contributed by atoms with van der Waals surface area (Å²) in [7, 11) is 0. The van der Waals surface area contributed by atoms with E-state index in [1.165, 1.54) is 16.7 Å². The molecular weight excluding hydrogens is 264 g/mol. The van der Waals surface area contributed by atoms with Crippen LogP contribution in [0.3, 0.4) is 0 Å². The van der Waals surface area contributed by atoms with E-state index in [1.807, 2.05) is 18.2 Å². The van der Waals surface area contributed by atoms with Gasteiger partial charge in [-0.3, -0.25) is 4.90 Å². The van der Waals surface area contributed by atoms with E-state index in [1.54, 1.807) is 0 Å². The number of anilines is 1. The number of hydrogen-bond acceptors (Lipinski definition) is 4. The molecule has 0 aliphatic carbocycles. The first-order valence-electron chi connectivity index (χ1n) is 7.27. The fourth-order valence-corrected chi connectivity index (χ4v) is 3.13. The molecule has 2 aliphatic rings. The second-order valence-electron chi connectivity index (χ2n) is 5.63. The number of nitrogens with zero attached hydrogens (tertiary/aromatic N) is 1. The summed E-state index contributed by atoms with van der Waals surface area (Å²) in [5, 5.41) is 0. The molecule has 0 saturated carbocycles. The lowest BCUT2D eigenvalue weighted by Crippen LogP contribution is -2.30. The van der Waals surface area contributed by atoms with Crippen LogP contribution < -0.4 is 15.2 Å². The molecule has 0 unspecified atom stereocenters. The molecule has 0 radical (unpaired) electrons. The molecule has 0 fully saturated rings. The molecule has 108 valence electrons. The van der Waals surface area contributed by atoms with Crippen LogP contribution in [-0.2, 0) is 19.5 Å². The van der Waals surface area contributed by atoms with Gasteiger partial charge in [0.25, 0.3) is 0 Å². The summed E-state index contributed by atoms with van der Waals surface area (Å²) in [4.78, 5) is 2.44. The summed E-state index contributed by atoms with van der Waals surface area (Å²) in [6.07, 6.45) is 1.02. The Morgan fingerprint density at radius 1 is 1.10 bits per heavy atom. The highest BCUT2D eigenvalue weighted by Gasteiger charge is 2.19. The van der Waals surface area contributed by atoms with E-state index >= 15 is 0 Å². The van der Waals surface area contributed by atoms with Crippen LogP contribution in [0.4, 0.5) is 5.69 Å². The van der Waals surface area contributed by atoms with Crippen molar-refractivity contribution >= 4 is 5.69 Å². The third kappa shape index (κ3) is 2.32. The van der Waals surface area contributed by atoms with Crippen LogP contribution in [0.25, 0.3) is 0 Å². The molecule has 0 amide bonds. The van der Waals surface area contributed by atoms with Crippen molar-refractivity contribution in [2.45, 2.75) is 19.5 Å². The maximum atomic E-state index is 6.05. The van der Waals surface area contributed by atoms with Gasteiger partial charge in [0.1, 0.15) is 0 Å². The lowest BCUT2D eigenvalue weighted by Gasteiger charge is -2.29. The SMILES string of the molecule is Nc1cccc2c1CCN(Cc1ccc3c(c1)OCO3)C2. The van der Waals surface area contributed by atoms with Crippen LogP contribution in [-0.4, -0.2) is 18.2 Å². The molecule has 4 heteroatoms. The Labute approximate surface area is 124 Å². The monoisotopic (exact) mass is 282 g/mol. The third-order valence-corrected chi connectivity index (χ3v) is 4.22. The Bertz CT molecular complexity index is 684. The van der Waals surface area contributed by atoms with Gasteiger partial charge in [0, 0.05) is 25.3 Å². The Morgan fingerprint density at radius 3 is 2.95 bits per heavy atom. The predicted molar refractivity (Wildman–Crippen MR) is 81.2 cm³/mol. The quantitative estimate of drug-likeness (QED) is 0.860. The van der Waals surface area contributed by atoms with Gasteiger partial charge in [0.15, 0.2) is 11.5 Å². The highest BCUT2D eigenvalue weighted by atomic mass is 16.7. The number of nitrogen functional groups attached to an aromatic ring is 1. The molecule has 0 spiro atoms. The number of fused-ring (bicyclic) bond motifs is 2. The normalized spacial score (nSPS) is 16.8. The van der Waals surface area contributed by atoms with E-state index in [0.717, 1.165) is 43.2 Å². The van der Waals surface area contributed by atoms with Crippen LogP contribution in [0.5, 0.6) is 11.5 Å². The fourth-order valence-electron chi connectivity index (χ4n) is 3.13. The van der Waals surface area contributed by atoms with Crippen molar-refractivity contribution < 1.29 is 9.47 Å². The first kappa shape index (κ1) is 12.5. The van der Waals surface area contributed by atoms with E-state index in [0.29, 0.717) is 6.79 Å². The minimum atomic E-state index is 0.329. The largest absolute Gasteiger partial charge is 0.454 e. The van der Waals surface area contributed by atoms with Gasteiger partial charge in [-0.1, -0.05) is 18.2 Å². The van der Waals surface area contributed by atoms with Gasteiger partial charge >= 0.3 is 0 Å². The molecule has 4 rings (SSSR count). The summed E-state index contributed by atoms with van der Waals surface area (Å²) in [5.41, 5.74) is 10.9. The van der Waals surface area contributed by atoms with Crippen LogP contribution >= 0.6 is 0 Å². The molecule has 2 aliphatic heterocycles. The van der Waals surface area contributed by atoms with Crippen molar-refractivity contribution in [3.63, 3.8) is 0 Å². The minimum absolute atomic E-state index is 0.329. The van der Waals surface area contributed by atoms with Crippen LogP contribution in [0.1, 0.15) is 16.7 Å². The molecule has 2 aromatic carbocycles. The molecule has 2 aromatic rings. The highest BCUT2D eigenvalue weighted by molar-refractivity contribution is 5.52. The molecule has 2 heterocycles. The molecule has 2 N–H and O–H groups in total. The van der Waals surface area contributed by atoms with Gasteiger partial charge in [-0.2, -0.15) is 0 Å². The van der Waals surface area contributed by atoms with E-state index in [-0.39, 0.29) is 0 Å². The number of nitrogens with two attached hydrogens (primary N) is 1. The molecule has 0 atom stereocenters. The van der Waals surface area contributed by atoms with Crippen molar-refractivity contribution in [2.75, 3.05) is 19.1 Å². The van der Waals surface area contributed by atoms with Crippen LogP contribution in [0.15, 0.2) is 36.4 Å². The van der Waals surface area contributed by atoms with Crippen molar-refractivity contribution in [1.29, 1.82) is 0 Å². The summed E-state index contributed by atoms with van der Waals surface area (Å²) in [5.74, 6) is 1.70. The summed E-state index contributed by atoms with van der Waals surface area (Å²) < 4.78 is 10.8. The van der Waals surface area contributed by atoms with Gasteiger partial charge in [-0.25, -0.2) is 0 Å². The second kappa shape index (κ2) is 4.97. The molecule has 0 aromatic heterocycles. The lowest BCUT2D eigenvalue weighted by molar-refractivity contribution is 0.174. The Balaban J connectivity index is 1.51. The summed E-state index contributed by atoms with van der Waals surface area (Å²) in [6.45, 7) is 3.24. The molecule has 0 saturated heterocycles. The summed E-state index contributed by atoms with van der Waals surface area (Å²) >= 11 is 0. The zero-order chi connectivity index (χ0) is 14.2. The topological polar surface area (TPSA) is 47.7 Å². The van der Waals surface area contributed by atoms with Gasteiger partial charge in [-0.15, -0.1) is 0 Å². The number of hydrogen-bond donors (Lipinski definition) is 1. The van der Waals surface area contributed by atoms with Gasteiger partial charge < -0.3 is 15.2 Å². The smallest absolute Gasteiger partial charge is 0.231 e. The zero-order valence-electron chi connectivity index (χ0n) is 11.8. The summed E-state index contributed by atoms with van der Waals surface area (Å²) in [6, 6.07) is 12.4. The van der Waals surface area contributed by atoms with Gasteiger partial charge in [0.2, 0.25) is 6.79 Å². The van der Waals surface area contributed by atoms with E-state index in [4.69, 9.17) is 15.2 Å². The second-order valence-corrected chi connectivity index (χ2v) is 5.63. The van der Waals surface area contributed by atoms with E-state index < -0.39 is 0 Å². The minimum Gasteiger partial charge on any atom is -0.454 e. The molecule has 4 nitrogen and oxygen atoms in total. The van der Waals surface area contributed by atoms with Crippen LogP contribution in [0.2, 0.25) is 0 Å². The third-order valence-electron chi connectivity index (χ3n) is 4.22. The Hall–Kier alpha value is -2.20. The molecule has 0 bridgehead atoms. The first-order chi connectivity index (χ1) is 10.3.